The average Bonchev–Trinajstić information content (AvgIpc) is 2.84. The van der Waals surface area contributed by atoms with Crippen molar-refractivity contribution in [3.05, 3.63) is 18.7 Å². The van der Waals surface area contributed by atoms with Gasteiger partial charge >= 0.3 is 6.03 Å². The van der Waals surface area contributed by atoms with Gasteiger partial charge in [-0.15, -0.1) is 0 Å². The fourth-order valence-corrected chi connectivity index (χ4v) is 2.74. The van der Waals surface area contributed by atoms with Crippen molar-refractivity contribution < 1.29 is 14.4 Å². The number of imide groups is 2. The molecule has 0 atom stereocenters. The molecule has 0 aromatic carbocycles. The number of rotatable bonds is 4. The summed E-state index contributed by atoms with van der Waals surface area (Å²) in [6.45, 7) is 0.996. The molecule has 3 rings (SSSR count). The number of amides is 4. The van der Waals surface area contributed by atoms with E-state index in [0.29, 0.717) is 32.4 Å². The molecule has 1 aromatic heterocycles. The van der Waals surface area contributed by atoms with E-state index in [1.54, 1.807) is 12.5 Å². The molecular formula is C13H16N4O3. The van der Waals surface area contributed by atoms with E-state index >= 15 is 0 Å². The van der Waals surface area contributed by atoms with Crippen LogP contribution in [0.2, 0.25) is 0 Å². The van der Waals surface area contributed by atoms with Crippen LogP contribution >= 0.6 is 0 Å². The molecule has 1 saturated heterocycles. The van der Waals surface area contributed by atoms with Crippen LogP contribution in [0.25, 0.3) is 0 Å². The summed E-state index contributed by atoms with van der Waals surface area (Å²) in [6.07, 6.45) is 7.78. The fraction of sp³-hybridized carbons (Fsp3) is 0.538. The number of barbiturate groups is 1. The highest BCUT2D eigenvalue weighted by Gasteiger charge is 2.57. The lowest BCUT2D eigenvalue weighted by molar-refractivity contribution is -0.157. The SMILES string of the molecule is O=C1NC(=O)C2(CCC2)C(=O)N1CCCn1ccnc1. The number of hydrogen-bond donors (Lipinski definition) is 1. The highest BCUT2D eigenvalue weighted by Crippen LogP contribution is 2.44. The topological polar surface area (TPSA) is 84.3 Å². The molecule has 4 amide bonds. The number of imidazole rings is 1. The van der Waals surface area contributed by atoms with Crippen molar-refractivity contribution in [2.75, 3.05) is 6.54 Å². The predicted octanol–water partition coefficient (Wildman–Crippen LogP) is 0.522. The normalized spacial score (nSPS) is 21.0. The van der Waals surface area contributed by atoms with Crippen molar-refractivity contribution in [2.24, 2.45) is 5.41 Å². The van der Waals surface area contributed by atoms with Crippen LogP contribution in [-0.2, 0) is 16.1 Å². The molecule has 1 spiro atoms. The molecule has 1 saturated carbocycles. The van der Waals surface area contributed by atoms with Crippen LogP contribution in [0.4, 0.5) is 4.79 Å². The number of aryl methyl sites for hydroxylation is 1. The summed E-state index contributed by atoms with van der Waals surface area (Å²) in [4.78, 5) is 41.1. The molecule has 2 fully saturated rings. The Bertz CT molecular complexity index is 548. The summed E-state index contributed by atoms with van der Waals surface area (Å²) in [5.41, 5.74) is -0.969. The maximum absolute atomic E-state index is 12.4. The number of carbonyl (C=O) groups is 3. The zero-order chi connectivity index (χ0) is 14.2. The van der Waals surface area contributed by atoms with Gasteiger partial charge < -0.3 is 4.57 Å². The van der Waals surface area contributed by atoms with Gasteiger partial charge in [-0.1, -0.05) is 6.42 Å². The van der Waals surface area contributed by atoms with Crippen LogP contribution < -0.4 is 5.32 Å². The zero-order valence-electron chi connectivity index (χ0n) is 11.0. The smallest absolute Gasteiger partial charge is 0.330 e. The van der Waals surface area contributed by atoms with Crippen LogP contribution in [0, 0.1) is 5.41 Å². The van der Waals surface area contributed by atoms with E-state index in [-0.39, 0.29) is 5.91 Å². The van der Waals surface area contributed by atoms with Gasteiger partial charge in [0.15, 0.2) is 0 Å². The van der Waals surface area contributed by atoms with E-state index in [4.69, 9.17) is 0 Å². The third-order valence-corrected chi connectivity index (χ3v) is 4.12. The lowest BCUT2D eigenvalue weighted by Crippen LogP contribution is -2.66. The first-order valence-corrected chi connectivity index (χ1v) is 6.77. The van der Waals surface area contributed by atoms with Crippen molar-refractivity contribution in [1.82, 2.24) is 19.8 Å². The van der Waals surface area contributed by atoms with Crippen molar-refractivity contribution >= 4 is 17.8 Å². The third-order valence-electron chi connectivity index (χ3n) is 4.12. The molecule has 106 valence electrons. The van der Waals surface area contributed by atoms with Gasteiger partial charge in [0.25, 0.3) is 0 Å². The van der Waals surface area contributed by atoms with Gasteiger partial charge in [-0.2, -0.15) is 0 Å². The van der Waals surface area contributed by atoms with Crippen LogP contribution in [0.3, 0.4) is 0 Å². The number of nitrogens with zero attached hydrogens (tertiary/aromatic N) is 3. The van der Waals surface area contributed by atoms with Gasteiger partial charge in [-0.3, -0.25) is 19.8 Å². The Kier molecular flexibility index (Phi) is 3.04. The second-order valence-corrected chi connectivity index (χ2v) is 5.31. The lowest BCUT2D eigenvalue weighted by Gasteiger charge is -2.44. The Balaban J connectivity index is 1.64. The Morgan fingerprint density at radius 2 is 2.05 bits per heavy atom. The number of aromatic nitrogens is 2. The predicted molar refractivity (Wildman–Crippen MR) is 68.4 cm³/mol. The highest BCUT2D eigenvalue weighted by molar-refractivity contribution is 6.19. The summed E-state index contributed by atoms with van der Waals surface area (Å²) >= 11 is 0. The van der Waals surface area contributed by atoms with E-state index in [1.807, 2.05) is 10.8 Å². The quantitative estimate of drug-likeness (QED) is 0.813. The molecule has 1 aliphatic carbocycles. The lowest BCUT2D eigenvalue weighted by atomic mass is 9.66. The van der Waals surface area contributed by atoms with Crippen molar-refractivity contribution in [3.8, 4) is 0 Å². The molecule has 1 aliphatic heterocycles. The van der Waals surface area contributed by atoms with Gasteiger partial charge in [0.05, 0.1) is 6.33 Å². The monoisotopic (exact) mass is 276 g/mol. The van der Waals surface area contributed by atoms with Crippen molar-refractivity contribution in [2.45, 2.75) is 32.2 Å². The minimum absolute atomic E-state index is 0.317. The minimum Gasteiger partial charge on any atom is -0.337 e. The molecule has 1 N–H and O–H groups in total. The number of urea groups is 1. The molecule has 0 unspecified atom stereocenters. The third kappa shape index (κ3) is 1.90. The molecule has 0 bridgehead atoms. The molecular weight excluding hydrogens is 260 g/mol. The minimum atomic E-state index is -0.969. The van der Waals surface area contributed by atoms with E-state index < -0.39 is 17.4 Å². The number of carbonyl (C=O) groups excluding carboxylic acids is 3. The van der Waals surface area contributed by atoms with E-state index in [2.05, 4.69) is 10.3 Å². The summed E-state index contributed by atoms with van der Waals surface area (Å²) in [6, 6.07) is -0.594. The van der Waals surface area contributed by atoms with Gasteiger partial charge in [0.2, 0.25) is 11.8 Å². The standard InChI is InChI=1S/C13H16N4O3/c18-10-13(3-1-4-13)11(19)17(12(20)15-10)7-2-6-16-8-5-14-9-16/h5,8-9H,1-4,6-7H2,(H,15,18,20). The van der Waals surface area contributed by atoms with E-state index in [0.717, 1.165) is 6.42 Å². The maximum atomic E-state index is 12.4. The highest BCUT2D eigenvalue weighted by atomic mass is 16.2. The second-order valence-electron chi connectivity index (χ2n) is 5.31. The van der Waals surface area contributed by atoms with Crippen molar-refractivity contribution in [3.63, 3.8) is 0 Å². The molecule has 7 heteroatoms. The fourth-order valence-electron chi connectivity index (χ4n) is 2.74. The Labute approximate surface area is 116 Å². The van der Waals surface area contributed by atoms with Crippen molar-refractivity contribution in [1.29, 1.82) is 0 Å². The Hall–Kier alpha value is -2.18. The molecule has 1 aromatic rings. The first-order valence-electron chi connectivity index (χ1n) is 6.77. The average molecular weight is 276 g/mol. The van der Waals surface area contributed by atoms with Crippen LogP contribution in [0.1, 0.15) is 25.7 Å². The Morgan fingerprint density at radius 1 is 1.25 bits per heavy atom. The van der Waals surface area contributed by atoms with Gasteiger partial charge in [0, 0.05) is 25.5 Å². The molecule has 2 aliphatic rings. The van der Waals surface area contributed by atoms with E-state index in [9.17, 15) is 14.4 Å². The number of hydrogen-bond acceptors (Lipinski definition) is 4. The summed E-state index contributed by atoms with van der Waals surface area (Å²) in [7, 11) is 0. The number of nitrogens with one attached hydrogen (secondary N) is 1. The first-order chi connectivity index (χ1) is 9.63. The molecule has 7 nitrogen and oxygen atoms in total. The van der Waals surface area contributed by atoms with Crippen LogP contribution in [0.5, 0.6) is 0 Å². The van der Waals surface area contributed by atoms with Gasteiger partial charge in [-0.05, 0) is 19.3 Å². The van der Waals surface area contributed by atoms with Crippen LogP contribution in [-0.4, -0.2) is 38.8 Å². The van der Waals surface area contributed by atoms with Gasteiger partial charge in [-0.25, -0.2) is 9.78 Å². The first kappa shape index (κ1) is 12.8. The summed E-state index contributed by atoms with van der Waals surface area (Å²) in [5.74, 6) is -0.757. The van der Waals surface area contributed by atoms with E-state index in [1.165, 1.54) is 4.90 Å². The maximum Gasteiger partial charge on any atom is 0.330 e. The zero-order valence-corrected chi connectivity index (χ0v) is 11.0. The largest absolute Gasteiger partial charge is 0.337 e. The summed E-state index contributed by atoms with van der Waals surface area (Å²) < 4.78 is 1.89. The van der Waals surface area contributed by atoms with Crippen LogP contribution in [0.15, 0.2) is 18.7 Å². The van der Waals surface area contributed by atoms with Gasteiger partial charge in [0.1, 0.15) is 5.41 Å². The second kappa shape index (κ2) is 4.73. The molecule has 0 radical (unpaired) electrons. The molecule has 20 heavy (non-hydrogen) atoms. The summed E-state index contributed by atoms with van der Waals surface area (Å²) in [5, 5.41) is 2.30. The Morgan fingerprint density at radius 3 is 2.65 bits per heavy atom. The molecule has 2 heterocycles.